The summed E-state index contributed by atoms with van der Waals surface area (Å²) in [5.74, 6) is 0. The molecule has 0 bridgehead atoms. The molecule has 0 atom stereocenters. The zero-order valence-electron chi connectivity index (χ0n) is 8.91. The van der Waals surface area contributed by atoms with Gasteiger partial charge >= 0.3 is 0 Å². The summed E-state index contributed by atoms with van der Waals surface area (Å²) in [4.78, 5) is 15.0. The van der Waals surface area contributed by atoms with Crippen molar-refractivity contribution in [2.45, 2.75) is 10.1 Å². The van der Waals surface area contributed by atoms with Gasteiger partial charge in [0.2, 0.25) is 0 Å². The Kier molecular flexibility index (Phi) is 3.29. The number of rotatable bonds is 4. The maximum Gasteiger partial charge on any atom is 0.272 e. The normalized spacial score (nSPS) is 10.2. The minimum absolute atomic E-state index is 0.0332. The molecule has 1 aromatic heterocycles. The minimum atomic E-state index is -0.430. The lowest BCUT2D eigenvalue weighted by Gasteiger charge is -2.03. The van der Waals surface area contributed by atoms with Crippen molar-refractivity contribution in [1.29, 1.82) is 0 Å². The van der Waals surface area contributed by atoms with Crippen LogP contribution in [-0.4, -0.2) is 17.0 Å². The van der Waals surface area contributed by atoms with Crippen molar-refractivity contribution in [3.05, 3.63) is 40.8 Å². The van der Waals surface area contributed by atoms with Crippen molar-refractivity contribution in [2.75, 3.05) is 12.4 Å². The van der Waals surface area contributed by atoms with Crippen molar-refractivity contribution >= 4 is 23.1 Å². The number of aromatic nitrogens is 1. The Morgan fingerprint density at radius 3 is 2.88 bits per heavy atom. The Morgan fingerprint density at radius 2 is 2.29 bits per heavy atom. The number of hydrogen-bond donors (Lipinski definition) is 1. The quantitative estimate of drug-likeness (QED) is 0.664. The molecule has 0 aliphatic carbocycles. The van der Waals surface area contributed by atoms with E-state index in [2.05, 4.69) is 10.3 Å². The molecule has 0 aliphatic rings. The fourth-order valence-corrected chi connectivity index (χ4v) is 2.04. The van der Waals surface area contributed by atoms with Gasteiger partial charge in [0, 0.05) is 29.8 Å². The lowest BCUT2D eigenvalue weighted by molar-refractivity contribution is -0.385. The molecule has 0 aliphatic heterocycles. The predicted octanol–water partition coefficient (Wildman–Crippen LogP) is 2.78. The molecule has 1 aromatic carbocycles. The third kappa shape index (κ3) is 2.76. The van der Waals surface area contributed by atoms with Gasteiger partial charge in [0.05, 0.1) is 11.1 Å². The van der Waals surface area contributed by atoms with Crippen LogP contribution in [0.15, 0.2) is 45.2 Å². The molecule has 2 rings (SSSR count). The lowest BCUT2D eigenvalue weighted by atomic mass is 10.3. The van der Waals surface area contributed by atoms with Crippen molar-refractivity contribution in [1.82, 2.24) is 4.98 Å². The highest BCUT2D eigenvalue weighted by Gasteiger charge is 2.11. The molecule has 0 unspecified atom stereocenters. The smallest absolute Gasteiger partial charge is 0.272 e. The molecule has 7 heteroatoms. The third-order valence-electron chi connectivity index (χ3n) is 2.01. The van der Waals surface area contributed by atoms with Gasteiger partial charge in [-0.1, -0.05) is 0 Å². The van der Waals surface area contributed by atoms with Crippen LogP contribution in [0.3, 0.4) is 0 Å². The van der Waals surface area contributed by atoms with E-state index in [1.807, 2.05) is 0 Å². The van der Waals surface area contributed by atoms with E-state index in [9.17, 15) is 10.1 Å². The van der Waals surface area contributed by atoms with Crippen LogP contribution < -0.4 is 5.32 Å². The predicted molar refractivity (Wildman–Crippen MR) is 63.3 cm³/mol. The Labute approximate surface area is 101 Å². The summed E-state index contributed by atoms with van der Waals surface area (Å²) < 4.78 is 5.07. The van der Waals surface area contributed by atoms with Gasteiger partial charge in [0.25, 0.3) is 10.9 Å². The molecule has 0 radical (unpaired) electrons. The molecular weight excluding hydrogens is 242 g/mol. The lowest BCUT2D eigenvalue weighted by Crippen LogP contribution is -1.93. The number of nitro benzene ring substituents is 1. The molecule has 1 heterocycles. The zero-order valence-corrected chi connectivity index (χ0v) is 9.73. The fourth-order valence-electron chi connectivity index (χ4n) is 1.25. The van der Waals surface area contributed by atoms with E-state index in [1.54, 1.807) is 13.1 Å². The van der Waals surface area contributed by atoms with Gasteiger partial charge in [-0.2, -0.15) is 0 Å². The number of nitro groups is 1. The molecule has 1 N–H and O–H groups in total. The summed E-state index contributed by atoms with van der Waals surface area (Å²) in [6.07, 6.45) is 2.98. The maximum absolute atomic E-state index is 10.8. The third-order valence-corrected chi connectivity index (χ3v) is 2.85. The number of non-ortho nitro benzene ring substituents is 1. The second kappa shape index (κ2) is 4.88. The summed E-state index contributed by atoms with van der Waals surface area (Å²) in [7, 11) is 1.71. The average molecular weight is 251 g/mol. The number of nitrogens with zero attached hydrogens (tertiary/aromatic N) is 2. The highest BCUT2D eigenvalue weighted by Crippen LogP contribution is 2.31. The van der Waals surface area contributed by atoms with Crippen molar-refractivity contribution < 1.29 is 9.34 Å². The van der Waals surface area contributed by atoms with Crippen molar-refractivity contribution in [2.24, 2.45) is 0 Å². The van der Waals surface area contributed by atoms with Crippen LogP contribution in [0.1, 0.15) is 0 Å². The summed E-state index contributed by atoms with van der Waals surface area (Å²) >= 11 is 1.23. The first kappa shape index (κ1) is 11.5. The number of oxazole rings is 1. The largest absolute Gasteiger partial charge is 0.440 e. The number of anilines is 1. The Balaban J connectivity index is 2.33. The second-order valence-electron chi connectivity index (χ2n) is 3.12. The Hall–Kier alpha value is -2.02. The van der Waals surface area contributed by atoms with E-state index >= 15 is 0 Å². The highest BCUT2D eigenvalue weighted by molar-refractivity contribution is 7.99. The topological polar surface area (TPSA) is 81.2 Å². The molecule has 88 valence electrons. The molecule has 0 saturated heterocycles. The molecular formula is C10H9N3O3S. The first-order valence-electron chi connectivity index (χ1n) is 4.73. The monoisotopic (exact) mass is 251 g/mol. The zero-order chi connectivity index (χ0) is 12.3. The summed E-state index contributed by atoms with van der Waals surface area (Å²) in [6, 6.07) is 4.75. The standard InChI is InChI=1S/C10H9N3O3S/c1-11-7-4-8(13(14)15)6-9(5-7)17-10-12-2-3-16-10/h2-6,11H,1H3. The van der Waals surface area contributed by atoms with Crippen LogP contribution in [0, 0.1) is 10.1 Å². The molecule has 0 spiro atoms. The maximum atomic E-state index is 10.8. The van der Waals surface area contributed by atoms with E-state index in [-0.39, 0.29) is 5.69 Å². The van der Waals surface area contributed by atoms with Gasteiger partial charge in [0.15, 0.2) is 0 Å². The van der Waals surface area contributed by atoms with E-state index in [4.69, 9.17) is 4.42 Å². The van der Waals surface area contributed by atoms with Gasteiger partial charge < -0.3 is 9.73 Å². The molecule has 2 aromatic rings. The van der Waals surface area contributed by atoms with Crippen LogP contribution in [0.2, 0.25) is 0 Å². The number of benzene rings is 1. The van der Waals surface area contributed by atoms with Crippen LogP contribution in [-0.2, 0) is 0 Å². The van der Waals surface area contributed by atoms with Gasteiger partial charge in [-0.3, -0.25) is 10.1 Å². The second-order valence-corrected chi connectivity index (χ2v) is 4.15. The average Bonchev–Trinajstić information content (AvgIpc) is 2.81. The fraction of sp³-hybridized carbons (Fsp3) is 0.100. The molecule has 0 saturated carbocycles. The Bertz CT molecular complexity index is 528. The van der Waals surface area contributed by atoms with Crippen LogP contribution in [0.5, 0.6) is 0 Å². The summed E-state index contributed by atoms with van der Waals surface area (Å²) in [6.45, 7) is 0. The van der Waals surface area contributed by atoms with E-state index in [0.717, 1.165) is 0 Å². The molecule has 17 heavy (non-hydrogen) atoms. The number of nitrogens with one attached hydrogen (secondary N) is 1. The van der Waals surface area contributed by atoms with Gasteiger partial charge in [-0.25, -0.2) is 4.98 Å². The number of hydrogen-bond acceptors (Lipinski definition) is 6. The van der Waals surface area contributed by atoms with E-state index in [0.29, 0.717) is 15.8 Å². The first-order chi connectivity index (χ1) is 8.19. The van der Waals surface area contributed by atoms with Crippen molar-refractivity contribution in [3.8, 4) is 0 Å². The van der Waals surface area contributed by atoms with E-state index in [1.165, 1.54) is 36.4 Å². The first-order valence-corrected chi connectivity index (χ1v) is 5.55. The minimum Gasteiger partial charge on any atom is -0.440 e. The summed E-state index contributed by atoms with van der Waals surface area (Å²) in [5, 5.41) is 14.1. The Morgan fingerprint density at radius 1 is 1.47 bits per heavy atom. The highest BCUT2D eigenvalue weighted by atomic mass is 32.2. The van der Waals surface area contributed by atoms with E-state index < -0.39 is 4.92 Å². The van der Waals surface area contributed by atoms with Gasteiger partial charge in [-0.05, 0) is 17.8 Å². The van der Waals surface area contributed by atoms with Gasteiger partial charge in [-0.15, -0.1) is 0 Å². The van der Waals surface area contributed by atoms with Crippen LogP contribution in [0.25, 0.3) is 0 Å². The summed E-state index contributed by atoms with van der Waals surface area (Å²) in [5.41, 5.74) is 0.708. The van der Waals surface area contributed by atoms with Gasteiger partial charge in [0.1, 0.15) is 6.26 Å². The van der Waals surface area contributed by atoms with Crippen molar-refractivity contribution in [3.63, 3.8) is 0 Å². The molecule has 0 fully saturated rings. The van der Waals surface area contributed by atoms with Crippen LogP contribution >= 0.6 is 11.8 Å². The SMILES string of the molecule is CNc1cc(Sc2ncco2)cc([N+](=O)[O-])c1. The molecule has 0 amide bonds. The van der Waals surface area contributed by atoms with Crippen LogP contribution in [0.4, 0.5) is 11.4 Å². The molecule has 6 nitrogen and oxygen atoms in total.